The van der Waals surface area contributed by atoms with E-state index in [4.69, 9.17) is 22.3 Å². The number of nitrogens with two attached hydrogens (primary N) is 1. The van der Waals surface area contributed by atoms with Crippen LogP contribution in [0.5, 0.6) is 0 Å². The average Bonchev–Trinajstić information content (AvgIpc) is 3.40. The number of fused-ring (bicyclic) bond motifs is 1. The molecule has 2 N–H and O–H groups in total. The first-order chi connectivity index (χ1) is 14.8. The zero-order valence-electron chi connectivity index (χ0n) is 17.6. The molecule has 1 aromatic carbocycles. The van der Waals surface area contributed by atoms with Gasteiger partial charge >= 0.3 is 0 Å². The molecule has 31 heavy (non-hydrogen) atoms. The summed E-state index contributed by atoms with van der Waals surface area (Å²) in [4.78, 5) is 20.3. The number of pyridine rings is 1. The van der Waals surface area contributed by atoms with Crippen LogP contribution in [0.2, 0.25) is 5.02 Å². The summed E-state index contributed by atoms with van der Waals surface area (Å²) >= 11 is 6.14. The predicted molar refractivity (Wildman–Crippen MR) is 121 cm³/mol. The van der Waals surface area contributed by atoms with E-state index in [9.17, 15) is 4.79 Å². The molecule has 2 aliphatic rings. The lowest BCUT2D eigenvalue weighted by molar-refractivity contribution is -0.112. The molecule has 2 aromatic heterocycles. The van der Waals surface area contributed by atoms with Crippen molar-refractivity contribution in [3.63, 3.8) is 0 Å². The number of anilines is 1. The van der Waals surface area contributed by atoms with E-state index in [1.807, 2.05) is 61.7 Å². The quantitative estimate of drug-likeness (QED) is 0.676. The Morgan fingerprint density at radius 2 is 1.90 bits per heavy atom. The fraction of sp³-hybridized carbons (Fsp3) is 0.304. The second-order valence-electron chi connectivity index (χ2n) is 8.26. The monoisotopic (exact) mass is 434 g/mol. The summed E-state index contributed by atoms with van der Waals surface area (Å²) in [6, 6.07) is 9.31. The van der Waals surface area contributed by atoms with Gasteiger partial charge in [-0.3, -0.25) is 19.1 Å². The Hall–Kier alpha value is -3.19. The van der Waals surface area contributed by atoms with Crippen molar-refractivity contribution in [3.8, 4) is 0 Å². The van der Waals surface area contributed by atoms with E-state index in [1.54, 1.807) is 4.90 Å². The van der Waals surface area contributed by atoms with Crippen LogP contribution in [0.3, 0.4) is 0 Å². The number of rotatable bonds is 3. The van der Waals surface area contributed by atoms with Crippen LogP contribution in [0.1, 0.15) is 42.8 Å². The molecule has 0 spiro atoms. The number of aryl methyl sites for hydroxylation is 2. The van der Waals surface area contributed by atoms with Crippen molar-refractivity contribution in [2.24, 2.45) is 10.7 Å². The third-order valence-corrected chi connectivity index (χ3v) is 6.05. The summed E-state index contributed by atoms with van der Waals surface area (Å²) in [7, 11) is 0. The topological polar surface area (TPSA) is 88.9 Å². The van der Waals surface area contributed by atoms with Crippen LogP contribution in [0.25, 0.3) is 5.65 Å². The molecule has 1 atom stereocenters. The number of nitrogens with zero attached hydrogens (tertiary/aromatic N) is 5. The highest BCUT2D eigenvalue weighted by Gasteiger charge is 2.45. The van der Waals surface area contributed by atoms with Gasteiger partial charge < -0.3 is 5.73 Å². The molecule has 1 saturated carbocycles. The Kier molecular flexibility index (Phi) is 4.59. The minimum atomic E-state index is -0.388. The number of carbonyl (C=O) groups excluding carboxylic acids is 1. The standard InChI is InChI=1S/C23H23ClN6O/c1-12-10-18(11-29-14(3)27-28-22(12)29)30-21(15-4-6-16(24)7-5-15)19(13(2)25)20(23(30)31)26-17-8-9-17/h4-7,10-11,17,21H,8-9,25H2,1-3H3. The number of halogens is 1. The number of amides is 1. The van der Waals surface area contributed by atoms with Crippen molar-refractivity contribution in [1.29, 1.82) is 0 Å². The molecule has 1 unspecified atom stereocenters. The molecule has 158 valence electrons. The summed E-state index contributed by atoms with van der Waals surface area (Å²) in [6.45, 7) is 5.69. The Morgan fingerprint density at radius 1 is 1.19 bits per heavy atom. The normalized spacial score (nSPS) is 22.1. The highest BCUT2D eigenvalue weighted by molar-refractivity contribution is 6.53. The molecule has 1 amide bonds. The molecule has 7 nitrogen and oxygen atoms in total. The summed E-state index contributed by atoms with van der Waals surface area (Å²) < 4.78 is 1.91. The van der Waals surface area contributed by atoms with Crippen molar-refractivity contribution in [2.75, 3.05) is 4.90 Å². The van der Waals surface area contributed by atoms with Gasteiger partial charge in [0.2, 0.25) is 0 Å². The molecule has 3 heterocycles. The SMILES string of the molecule is CC(N)=C1C(=NC2CC2)C(=O)N(c2cc(C)c3nnc(C)n3c2)C1c1ccc(Cl)cc1. The second-order valence-corrected chi connectivity index (χ2v) is 8.69. The zero-order chi connectivity index (χ0) is 21.9. The van der Waals surface area contributed by atoms with Gasteiger partial charge in [0.15, 0.2) is 5.65 Å². The molecule has 8 heteroatoms. The number of hydrogen-bond acceptors (Lipinski definition) is 5. The van der Waals surface area contributed by atoms with Gasteiger partial charge in [-0.05, 0) is 62.9 Å². The second kappa shape index (κ2) is 7.20. The van der Waals surface area contributed by atoms with Crippen LogP contribution in [-0.4, -0.2) is 32.3 Å². The molecule has 2 fully saturated rings. The van der Waals surface area contributed by atoms with E-state index < -0.39 is 0 Å². The van der Waals surface area contributed by atoms with Crippen LogP contribution in [0.4, 0.5) is 5.69 Å². The molecule has 1 aliphatic heterocycles. The first-order valence-electron chi connectivity index (χ1n) is 10.3. The molecule has 1 aliphatic carbocycles. The highest BCUT2D eigenvalue weighted by atomic mass is 35.5. The first-order valence-corrected chi connectivity index (χ1v) is 10.7. The van der Waals surface area contributed by atoms with Gasteiger partial charge in [0.05, 0.1) is 17.8 Å². The third kappa shape index (κ3) is 3.29. The van der Waals surface area contributed by atoms with E-state index >= 15 is 0 Å². The first kappa shape index (κ1) is 19.8. The minimum Gasteiger partial charge on any atom is -0.402 e. The third-order valence-electron chi connectivity index (χ3n) is 5.80. The lowest BCUT2D eigenvalue weighted by atomic mass is 9.96. The molecular weight excluding hydrogens is 412 g/mol. The summed E-state index contributed by atoms with van der Waals surface area (Å²) in [5.74, 6) is 0.614. The van der Waals surface area contributed by atoms with Crippen molar-refractivity contribution >= 4 is 34.6 Å². The van der Waals surface area contributed by atoms with E-state index in [1.165, 1.54) is 0 Å². The predicted octanol–water partition coefficient (Wildman–Crippen LogP) is 3.92. The Bertz CT molecular complexity index is 1270. The van der Waals surface area contributed by atoms with Gasteiger partial charge in [0.25, 0.3) is 5.91 Å². The highest BCUT2D eigenvalue weighted by Crippen LogP contribution is 2.42. The fourth-order valence-corrected chi connectivity index (χ4v) is 4.25. The number of aromatic nitrogens is 3. The average molecular weight is 435 g/mol. The molecular formula is C23H23ClN6O. The van der Waals surface area contributed by atoms with E-state index in [0.29, 0.717) is 16.4 Å². The lowest BCUT2D eigenvalue weighted by Crippen LogP contribution is -2.30. The van der Waals surface area contributed by atoms with Gasteiger partial charge in [0, 0.05) is 22.5 Å². The van der Waals surface area contributed by atoms with E-state index in [-0.39, 0.29) is 18.0 Å². The van der Waals surface area contributed by atoms with Gasteiger partial charge in [-0.25, -0.2) is 0 Å². The van der Waals surface area contributed by atoms with Crippen LogP contribution < -0.4 is 10.6 Å². The smallest absolute Gasteiger partial charge is 0.277 e. The minimum absolute atomic E-state index is 0.142. The van der Waals surface area contributed by atoms with Crippen molar-refractivity contribution < 1.29 is 4.79 Å². The largest absolute Gasteiger partial charge is 0.402 e. The number of aliphatic imine (C=N–C) groups is 1. The Balaban J connectivity index is 1.75. The van der Waals surface area contributed by atoms with Gasteiger partial charge in [-0.2, -0.15) is 0 Å². The number of carbonyl (C=O) groups is 1. The van der Waals surface area contributed by atoms with Crippen molar-refractivity contribution in [2.45, 2.75) is 45.7 Å². The summed E-state index contributed by atoms with van der Waals surface area (Å²) in [6.07, 6.45) is 3.91. The van der Waals surface area contributed by atoms with Gasteiger partial charge in [0.1, 0.15) is 11.5 Å². The molecule has 5 rings (SSSR count). The Morgan fingerprint density at radius 3 is 2.55 bits per heavy atom. The summed E-state index contributed by atoms with van der Waals surface area (Å²) in [5, 5.41) is 9.05. The zero-order valence-corrected chi connectivity index (χ0v) is 18.4. The van der Waals surface area contributed by atoms with Crippen molar-refractivity contribution in [3.05, 3.63) is 69.8 Å². The van der Waals surface area contributed by atoms with Crippen LogP contribution in [0.15, 0.2) is 52.8 Å². The van der Waals surface area contributed by atoms with Crippen LogP contribution in [0, 0.1) is 13.8 Å². The molecule has 1 saturated heterocycles. The number of hydrogen-bond donors (Lipinski definition) is 1. The maximum atomic E-state index is 13.7. The lowest BCUT2D eigenvalue weighted by Gasteiger charge is -2.26. The van der Waals surface area contributed by atoms with Gasteiger partial charge in [-0.15, -0.1) is 10.2 Å². The van der Waals surface area contributed by atoms with E-state index in [2.05, 4.69) is 10.2 Å². The number of allylic oxidation sites excluding steroid dienone is 1. The van der Waals surface area contributed by atoms with Crippen molar-refractivity contribution in [1.82, 2.24) is 14.6 Å². The van der Waals surface area contributed by atoms with E-state index in [0.717, 1.165) is 46.7 Å². The van der Waals surface area contributed by atoms with Crippen LogP contribution in [-0.2, 0) is 4.79 Å². The fourth-order valence-electron chi connectivity index (χ4n) is 4.13. The van der Waals surface area contributed by atoms with Crippen LogP contribution >= 0.6 is 11.6 Å². The van der Waals surface area contributed by atoms with Gasteiger partial charge in [-0.1, -0.05) is 23.7 Å². The summed E-state index contributed by atoms with van der Waals surface area (Å²) in [5.41, 5.74) is 11.5. The molecule has 3 aromatic rings. The Labute approximate surface area is 185 Å². The maximum absolute atomic E-state index is 13.7. The number of benzene rings is 1. The maximum Gasteiger partial charge on any atom is 0.277 e. The molecule has 0 radical (unpaired) electrons. The molecule has 0 bridgehead atoms.